The Morgan fingerprint density at radius 2 is 1.93 bits per heavy atom. The van der Waals surface area contributed by atoms with Gasteiger partial charge in [0.15, 0.2) is 0 Å². The molecule has 2 heteroatoms. The lowest BCUT2D eigenvalue weighted by atomic mass is 9.42. The van der Waals surface area contributed by atoms with E-state index in [0.29, 0.717) is 23.7 Å². The Labute approximate surface area is 85.0 Å². The molecule has 1 aliphatic heterocycles. The number of carbonyl (C=O) groups excluding carboxylic acids is 1. The summed E-state index contributed by atoms with van der Waals surface area (Å²) in [5.41, 5.74) is 0.269. The predicted molar refractivity (Wildman–Crippen MR) is 52.6 cm³/mol. The molecule has 4 atom stereocenters. The lowest BCUT2D eigenvalue weighted by Gasteiger charge is -2.64. The second-order valence-electron chi connectivity index (χ2n) is 6.10. The van der Waals surface area contributed by atoms with Crippen LogP contribution in [-0.2, 0) is 9.53 Å². The van der Waals surface area contributed by atoms with E-state index < -0.39 is 0 Å². The molecule has 1 heterocycles. The molecule has 0 aromatic rings. The molecule has 2 bridgehead atoms. The fraction of sp³-hybridized carbons (Fsp3) is 0.917. The monoisotopic (exact) mass is 194 g/mol. The van der Waals surface area contributed by atoms with Crippen molar-refractivity contribution in [2.75, 3.05) is 0 Å². The van der Waals surface area contributed by atoms with Gasteiger partial charge in [-0.2, -0.15) is 0 Å². The van der Waals surface area contributed by atoms with Gasteiger partial charge >= 0.3 is 5.97 Å². The standard InChI is InChI=1S/C12H18O2/c1-11(2)7-4-8-6-10(13)14-12(8,3)9(11)5-7/h7-9H,4-6H2,1-3H3/t7?,8-,9-,12+/m1/s1. The minimum absolute atomic E-state index is 0.0286. The summed E-state index contributed by atoms with van der Waals surface area (Å²) in [6.45, 7) is 6.82. The number of hydrogen-bond acceptors (Lipinski definition) is 2. The highest BCUT2D eigenvalue weighted by molar-refractivity contribution is 5.73. The summed E-state index contributed by atoms with van der Waals surface area (Å²) < 4.78 is 5.60. The molecule has 0 N–H and O–H groups in total. The summed E-state index contributed by atoms with van der Waals surface area (Å²) in [5, 5.41) is 0. The highest BCUT2D eigenvalue weighted by Gasteiger charge is 2.67. The number of rotatable bonds is 0. The van der Waals surface area contributed by atoms with Crippen molar-refractivity contribution >= 4 is 5.97 Å². The first-order valence-corrected chi connectivity index (χ1v) is 5.66. The minimum atomic E-state index is -0.130. The second kappa shape index (κ2) is 2.17. The summed E-state index contributed by atoms with van der Waals surface area (Å²) in [7, 11) is 0. The molecule has 0 aromatic carbocycles. The molecule has 0 radical (unpaired) electrons. The van der Waals surface area contributed by atoms with Crippen LogP contribution >= 0.6 is 0 Å². The van der Waals surface area contributed by atoms with E-state index in [1.807, 2.05) is 0 Å². The molecule has 2 nitrogen and oxygen atoms in total. The topological polar surface area (TPSA) is 26.3 Å². The van der Waals surface area contributed by atoms with Crippen molar-refractivity contribution in [1.82, 2.24) is 0 Å². The zero-order valence-electron chi connectivity index (χ0n) is 9.17. The van der Waals surface area contributed by atoms with E-state index in [0.717, 1.165) is 5.92 Å². The van der Waals surface area contributed by atoms with E-state index in [1.54, 1.807) is 0 Å². The Balaban J connectivity index is 1.98. The maximum atomic E-state index is 11.4. The normalized spacial score (nSPS) is 53.4. The summed E-state index contributed by atoms with van der Waals surface area (Å²) in [6.07, 6.45) is 3.14. The molecule has 4 rings (SSSR count). The quantitative estimate of drug-likeness (QED) is 0.553. The van der Waals surface area contributed by atoms with Gasteiger partial charge in [-0.1, -0.05) is 13.8 Å². The SMILES string of the molecule is CC1(C)C2C[C@@H]3CC(=O)O[C@]3(C)[C@@H]1C2. The lowest BCUT2D eigenvalue weighted by molar-refractivity contribution is -0.214. The summed E-state index contributed by atoms with van der Waals surface area (Å²) in [6, 6.07) is 0. The van der Waals surface area contributed by atoms with Crippen molar-refractivity contribution in [2.24, 2.45) is 23.2 Å². The molecule has 78 valence electrons. The highest BCUT2D eigenvalue weighted by atomic mass is 16.6. The largest absolute Gasteiger partial charge is 0.459 e. The molecule has 0 amide bonds. The van der Waals surface area contributed by atoms with E-state index in [4.69, 9.17) is 4.74 Å². The molecule has 14 heavy (non-hydrogen) atoms. The maximum Gasteiger partial charge on any atom is 0.306 e. The average Bonchev–Trinajstić information content (AvgIpc) is 2.37. The van der Waals surface area contributed by atoms with E-state index in [9.17, 15) is 4.79 Å². The van der Waals surface area contributed by atoms with Crippen LogP contribution in [0.5, 0.6) is 0 Å². The van der Waals surface area contributed by atoms with Crippen LogP contribution in [0, 0.1) is 23.2 Å². The molecule has 1 unspecified atom stereocenters. The summed E-state index contributed by atoms with van der Waals surface area (Å²) in [5.74, 6) is 1.97. The zero-order valence-corrected chi connectivity index (χ0v) is 9.17. The Morgan fingerprint density at radius 3 is 2.57 bits per heavy atom. The van der Waals surface area contributed by atoms with Crippen LogP contribution in [0.1, 0.15) is 40.0 Å². The smallest absolute Gasteiger partial charge is 0.306 e. The third kappa shape index (κ3) is 0.768. The molecular weight excluding hydrogens is 176 g/mol. The fourth-order valence-electron chi connectivity index (χ4n) is 4.18. The van der Waals surface area contributed by atoms with Crippen LogP contribution in [-0.4, -0.2) is 11.6 Å². The highest BCUT2D eigenvalue weighted by Crippen LogP contribution is 2.67. The van der Waals surface area contributed by atoms with Gasteiger partial charge in [0.1, 0.15) is 5.60 Å². The number of esters is 1. The van der Waals surface area contributed by atoms with Gasteiger partial charge in [0.2, 0.25) is 0 Å². The molecular formula is C12H18O2. The van der Waals surface area contributed by atoms with Gasteiger partial charge < -0.3 is 4.74 Å². The molecule has 0 aromatic heterocycles. The Kier molecular flexibility index (Phi) is 1.36. The lowest BCUT2D eigenvalue weighted by Crippen LogP contribution is -2.63. The molecule has 1 saturated heterocycles. The maximum absolute atomic E-state index is 11.4. The van der Waals surface area contributed by atoms with Crippen LogP contribution in [0.15, 0.2) is 0 Å². The van der Waals surface area contributed by atoms with Crippen LogP contribution in [0.2, 0.25) is 0 Å². The van der Waals surface area contributed by atoms with Crippen LogP contribution in [0.25, 0.3) is 0 Å². The van der Waals surface area contributed by atoms with Crippen molar-refractivity contribution in [3.8, 4) is 0 Å². The van der Waals surface area contributed by atoms with Crippen molar-refractivity contribution < 1.29 is 9.53 Å². The fourth-order valence-corrected chi connectivity index (χ4v) is 4.18. The zero-order chi connectivity index (χ0) is 10.1. The molecule has 0 spiro atoms. The van der Waals surface area contributed by atoms with Gasteiger partial charge in [0.05, 0.1) is 6.42 Å². The van der Waals surface area contributed by atoms with Gasteiger partial charge in [-0.25, -0.2) is 0 Å². The third-order valence-corrected chi connectivity index (χ3v) is 5.29. The van der Waals surface area contributed by atoms with E-state index in [-0.39, 0.29) is 11.6 Å². The molecule has 3 saturated carbocycles. The van der Waals surface area contributed by atoms with Crippen molar-refractivity contribution in [3.05, 3.63) is 0 Å². The van der Waals surface area contributed by atoms with Crippen LogP contribution in [0.4, 0.5) is 0 Å². The Morgan fingerprint density at radius 1 is 1.21 bits per heavy atom. The van der Waals surface area contributed by atoms with E-state index >= 15 is 0 Å². The first-order valence-electron chi connectivity index (χ1n) is 5.66. The number of ether oxygens (including phenoxy) is 1. The first kappa shape index (κ1) is 8.75. The number of hydrogen-bond donors (Lipinski definition) is 0. The second-order valence-corrected chi connectivity index (χ2v) is 6.10. The van der Waals surface area contributed by atoms with Gasteiger partial charge in [0, 0.05) is 11.8 Å². The third-order valence-electron chi connectivity index (χ3n) is 5.29. The number of carbonyl (C=O) groups is 1. The minimum Gasteiger partial charge on any atom is -0.459 e. The van der Waals surface area contributed by atoms with Crippen LogP contribution in [0.3, 0.4) is 0 Å². The molecule has 3 aliphatic carbocycles. The first-order chi connectivity index (χ1) is 6.44. The van der Waals surface area contributed by atoms with Crippen molar-refractivity contribution in [2.45, 2.75) is 45.6 Å². The van der Waals surface area contributed by atoms with E-state index in [2.05, 4.69) is 20.8 Å². The van der Waals surface area contributed by atoms with Crippen molar-refractivity contribution in [1.29, 1.82) is 0 Å². The van der Waals surface area contributed by atoms with Gasteiger partial charge in [-0.15, -0.1) is 0 Å². The van der Waals surface area contributed by atoms with Crippen molar-refractivity contribution in [3.63, 3.8) is 0 Å². The Hall–Kier alpha value is -0.530. The van der Waals surface area contributed by atoms with Crippen LogP contribution < -0.4 is 0 Å². The van der Waals surface area contributed by atoms with Gasteiger partial charge in [-0.3, -0.25) is 4.79 Å². The van der Waals surface area contributed by atoms with Gasteiger partial charge in [-0.05, 0) is 31.1 Å². The van der Waals surface area contributed by atoms with E-state index in [1.165, 1.54) is 12.8 Å². The van der Waals surface area contributed by atoms with Gasteiger partial charge in [0.25, 0.3) is 0 Å². The summed E-state index contributed by atoms with van der Waals surface area (Å²) in [4.78, 5) is 11.4. The summed E-state index contributed by atoms with van der Waals surface area (Å²) >= 11 is 0. The predicted octanol–water partition coefficient (Wildman–Crippen LogP) is 2.37. The Bertz CT molecular complexity index is 307. The average molecular weight is 194 g/mol. The molecule has 4 fully saturated rings. The molecule has 4 aliphatic rings.